The molecule has 0 saturated carbocycles. The van der Waals surface area contributed by atoms with E-state index in [4.69, 9.17) is 0 Å². The number of carbonyl (C=O) groups excluding carboxylic acids is 1. The van der Waals surface area contributed by atoms with E-state index in [1.165, 1.54) is 11.0 Å². The molecular formula is C14H17N5O2. The smallest absolute Gasteiger partial charge is 0.273 e. The van der Waals surface area contributed by atoms with E-state index in [2.05, 4.69) is 20.8 Å². The number of rotatable bonds is 4. The number of β-amino-alcohol motifs (C(OH)–C–C–N with tert-alkyl or cyclic N) is 1. The zero-order valence-corrected chi connectivity index (χ0v) is 11.4. The number of aliphatic hydroxyl groups excluding tert-OH is 1. The minimum atomic E-state index is -0.412. The third-order valence-corrected chi connectivity index (χ3v) is 3.54. The molecule has 7 nitrogen and oxygen atoms in total. The van der Waals surface area contributed by atoms with Gasteiger partial charge in [-0.2, -0.15) is 9.90 Å². The van der Waals surface area contributed by atoms with Gasteiger partial charge in [0.1, 0.15) is 0 Å². The summed E-state index contributed by atoms with van der Waals surface area (Å²) in [5.41, 5.74) is 1.06. The fourth-order valence-corrected chi connectivity index (χ4v) is 2.29. The van der Waals surface area contributed by atoms with Crippen LogP contribution in [0.25, 0.3) is 5.69 Å². The second-order valence-corrected chi connectivity index (χ2v) is 5.05. The number of benzene rings is 1. The molecule has 0 spiro atoms. The van der Waals surface area contributed by atoms with Crippen molar-refractivity contribution in [1.29, 1.82) is 0 Å². The maximum Gasteiger partial charge on any atom is 0.273 e. The van der Waals surface area contributed by atoms with Crippen LogP contribution in [0.2, 0.25) is 0 Å². The van der Waals surface area contributed by atoms with Crippen LogP contribution in [-0.4, -0.2) is 51.7 Å². The quantitative estimate of drug-likeness (QED) is 0.710. The van der Waals surface area contributed by atoms with Crippen LogP contribution in [0.5, 0.6) is 0 Å². The molecule has 0 aliphatic carbocycles. The van der Waals surface area contributed by atoms with Gasteiger partial charge in [0.2, 0.25) is 0 Å². The number of hydrogen-bond acceptors (Lipinski definition) is 5. The van der Waals surface area contributed by atoms with Gasteiger partial charge in [-0.05, 0) is 12.1 Å². The highest BCUT2D eigenvalue weighted by Gasteiger charge is 2.25. The van der Waals surface area contributed by atoms with Crippen molar-refractivity contribution in [2.45, 2.75) is 6.10 Å². The Morgan fingerprint density at radius 2 is 2.19 bits per heavy atom. The first kappa shape index (κ1) is 13.7. The predicted molar refractivity (Wildman–Crippen MR) is 76.1 cm³/mol. The molecule has 0 bridgehead atoms. The van der Waals surface area contributed by atoms with Gasteiger partial charge in [0.15, 0.2) is 5.69 Å². The zero-order valence-electron chi connectivity index (χ0n) is 11.4. The molecule has 1 amide bonds. The van der Waals surface area contributed by atoms with Gasteiger partial charge >= 0.3 is 0 Å². The molecule has 1 fully saturated rings. The van der Waals surface area contributed by atoms with Crippen LogP contribution in [0.1, 0.15) is 10.5 Å². The monoisotopic (exact) mass is 287 g/mol. The predicted octanol–water partition coefficient (Wildman–Crippen LogP) is -0.423. The Morgan fingerprint density at radius 1 is 1.38 bits per heavy atom. The number of para-hydroxylation sites is 1. The number of nitrogens with zero attached hydrogens (tertiary/aromatic N) is 3. The number of aromatic nitrogens is 3. The molecule has 3 rings (SSSR count). The Balaban J connectivity index is 1.62. The van der Waals surface area contributed by atoms with Crippen molar-refractivity contribution in [3.8, 4) is 5.69 Å². The highest BCUT2D eigenvalue weighted by atomic mass is 16.3. The molecule has 1 aromatic carbocycles. The summed E-state index contributed by atoms with van der Waals surface area (Å²) < 4.78 is 0. The Labute approximate surface area is 122 Å². The highest BCUT2D eigenvalue weighted by Crippen LogP contribution is 2.08. The van der Waals surface area contributed by atoms with Crippen LogP contribution in [0.15, 0.2) is 36.5 Å². The van der Waals surface area contributed by atoms with E-state index in [0.29, 0.717) is 19.6 Å². The Bertz CT molecular complexity index is 613. The second kappa shape index (κ2) is 6.02. The van der Waals surface area contributed by atoms with Crippen LogP contribution in [0.3, 0.4) is 0 Å². The lowest BCUT2D eigenvalue weighted by Crippen LogP contribution is -2.34. The fourth-order valence-electron chi connectivity index (χ4n) is 2.29. The number of amides is 1. The summed E-state index contributed by atoms with van der Waals surface area (Å²) in [6, 6.07) is 9.39. The molecule has 1 aromatic heterocycles. The van der Waals surface area contributed by atoms with Crippen LogP contribution >= 0.6 is 0 Å². The zero-order chi connectivity index (χ0) is 14.7. The Kier molecular flexibility index (Phi) is 3.94. The van der Waals surface area contributed by atoms with E-state index in [-0.39, 0.29) is 17.5 Å². The van der Waals surface area contributed by atoms with Crippen molar-refractivity contribution in [2.75, 3.05) is 19.6 Å². The minimum Gasteiger partial charge on any atom is -0.391 e. The number of hydrogen-bond donors (Lipinski definition) is 3. The van der Waals surface area contributed by atoms with E-state index in [1.54, 1.807) is 0 Å². The van der Waals surface area contributed by atoms with Gasteiger partial charge in [-0.25, -0.2) is 0 Å². The number of carbonyl (C=O) groups is 1. The summed E-state index contributed by atoms with van der Waals surface area (Å²) in [6.45, 7) is 1.70. The topological polar surface area (TPSA) is 92.1 Å². The molecule has 0 radical (unpaired) electrons. The molecule has 21 heavy (non-hydrogen) atoms. The van der Waals surface area contributed by atoms with Gasteiger partial charge in [0.05, 0.1) is 18.0 Å². The van der Waals surface area contributed by atoms with Gasteiger partial charge in [-0.1, -0.05) is 18.2 Å². The summed E-state index contributed by atoms with van der Waals surface area (Å²) in [5, 5.41) is 23.8. The van der Waals surface area contributed by atoms with Crippen LogP contribution in [0.4, 0.5) is 0 Å². The lowest BCUT2D eigenvalue weighted by Gasteiger charge is -2.13. The average Bonchev–Trinajstić information content (AvgIpc) is 3.15. The highest BCUT2D eigenvalue weighted by molar-refractivity contribution is 5.91. The minimum absolute atomic E-state index is 0.0399. The van der Waals surface area contributed by atoms with E-state index >= 15 is 0 Å². The summed E-state index contributed by atoms with van der Waals surface area (Å²) in [4.78, 5) is 13.4. The molecule has 2 heterocycles. The van der Waals surface area contributed by atoms with E-state index in [0.717, 1.165) is 5.69 Å². The summed E-state index contributed by atoms with van der Waals surface area (Å²) in [6.07, 6.45) is 1.02. The molecule has 2 unspecified atom stereocenters. The lowest BCUT2D eigenvalue weighted by molar-refractivity contribution is 0.0921. The van der Waals surface area contributed by atoms with Gasteiger partial charge in [-0.3, -0.25) is 4.79 Å². The van der Waals surface area contributed by atoms with Crippen molar-refractivity contribution < 1.29 is 9.90 Å². The normalized spacial score (nSPS) is 21.4. The van der Waals surface area contributed by atoms with Crippen molar-refractivity contribution in [2.24, 2.45) is 5.92 Å². The first-order valence-electron chi connectivity index (χ1n) is 6.89. The molecular weight excluding hydrogens is 270 g/mol. The number of nitrogens with one attached hydrogen (secondary N) is 2. The van der Waals surface area contributed by atoms with Gasteiger partial charge in [-0.15, -0.1) is 5.10 Å². The maximum absolute atomic E-state index is 12.0. The van der Waals surface area contributed by atoms with Crippen molar-refractivity contribution in [1.82, 2.24) is 25.6 Å². The van der Waals surface area contributed by atoms with Crippen LogP contribution in [0, 0.1) is 5.92 Å². The Morgan fingerprint density at radius 3 is 2.90 bits per heavy atom. The van der Waals surface area contributed by atoms with E-state index in [1.807, 2.05) is 30.3 Å². The maximum atomic E-state index is 12.0. The SMILES string of the molecule is O=C(NCC1CNCC1O)c1cnn(-c2ccccc2)n1. The molecule has 2 aromatic rings. The third kappa shape index (κ3) is 3.09. The van der Waals surface area contributed by atoms with Crippen molar-refractivity contribution >= 4 is 5.91 Å². The summed E-state index contributed by atoms with van der Waals surface area (Å²) >= 11 is 0. The molecule has 3 N–H and O–H groups in total. The average molecular weight is 287 g/mol. The van der Waals surface area contributed by atoms with Crippen molar-refractivity contribution in [3.05, 3.63) is 42.2 Å². The molecule has 110 valence electrons. The molecule has 1 aliphatic rings. The molecule has 2 atom stereocenters. The summed E-state index contributed by atoms with van der Waals surface area (Å²) in [5.74, 6) is -0.241. The molecule has 7 heteroatoms. The van der Waals surface area contributed by atoms with Gasteiger partial charge in [0, 0.05) is 25.6 Å². The molecule has 1 aliphatic heterocycles. The summed E-state index contributed by atoms with van der Waals surface area (Å²) in [7, 11) is 0. The van der Waals surface area contributed by atoms with Crippen molar-refractivity contribution in [3.63, 3.8) is 0 Å². The third-order valence-electron chi connectivity index (χ3n) is 3.54. The van der Waals surface area contributed by atoms with Gasteiger partial charge in [0.25, 0.3) is 5.91 Å². The Hall–Kier alpha value is -2.25. The van der Waals surface area contributed by atoms with E-state index < -0.39 is 6.10 Å². The largest absolute Gasteiger partial charge is 0.391 e. The first-order chi connectivity index (χ1) is 10.2. The first-order valence-corrected chi connectivity index (χ1v) is 6.89. The van der Waals surface area contributed by atoms with E-state index in [9.17, 15) is 9.90 Å². The lowest BCUT2D eigenvalue weighted by atomic mass is 10.1. The standard InChI is InChI=1S/C14H17N5O2/c20-13-9-15-6-10(13)7-16-14(21)12-8-17-19(18-12)11-4-2-1-3-5-11/h1-5,8,10,13,15,20H,6-7,9H2,(H,16,21). The fraction of sp³-hybridized carbons (Fsp3) is 0.357. The van der Waals surface area contributed by atoms with Crippen LogP contribution < -0.4 is 10.6 Å². The van der Waals surface area contributed by atoms with Crippen LogP contribution in [-0.2, 0) is 0 Å². The molecule has 1 saturated heterocycles. The number of aliphatic hydroxyl groups is 1. The van der Waals surface area contributed by atoms with Gasteiger partial charge < -0.3 is 15.7 Å². The second-order valence-electron chi connectivity index (χ2n) is 5.05.